The van der Waals surface area contributed by atoms with Gasteiger partial charge in [-0.1, -0.05) is 131 Å². The van der Waals surface area contributed by atoms with Gasteiger partial charge in [0.1, 0.15) is 22.8 Å². The Morgan fingerprint density at radius 1 is 0.471 bits per heavy atom. The largest absolute Gasteiger partial charge is 0.494 e. The van der Waals surface area contributed by atoms with Crippen LogP contribution in [-0.2, 0) is 0 Å². The Morgan fingerprint density at radius 3 is 1.39 bits per heavy atom. The Balaban J connectivity index is 2.45. The van der Waals surface area contributed by atoms with Gasteiger partial charge in [0.05, 0.1) is 33.0 Å². The minimum absolute atomic E-state index is 0.182. The lowest BCUT2D eigenvalue weighted by Gasteiger charge is -2.19. The number of unbranched alkanes of at least 4 members (excludes halogenated alkanes) is 15. The molecule has 0 atom stereocenters. The first-order valence-electron chi connectivity index (χ1n) is 20.8. The van der Waals surface area contributed by atoms with Crippen LogP contribution >= 0.6 is 0 Å². The minimum atomic E-state index is -0.182. The fraction of sp³-hybridized carbons (Fsp3) is 0.667. The van der Waals surface area contributed by atoms with Crippen molar-refractivity contribution in [1.29, 1.82) is 0 Å². The SMILES string of the molecule is CCCCCCOc1ccc(OCCCCCC)c(/C=C\C(=O)c2c(OCCCCCC)ccc(OCCCCCC)c2OCCCCCC)c1. The summed E-state index contributed by atoms with van der Waals surface area (Å²) in [4.78, 5) is 14.3. The molecule has 2 rings (SSSR count). The van der Waals surface area contributed by atoms with Gasteiger partial charge in [-0.25, -0.2) is 0 Å². The van der Waals surface area contributed by atoms with Crippen LogP contribution in [0.1, 0.15) is 179 Å². The first kappa shape index (κ1) is 44.0. The molecule has 6 heteroatoms. The van der Waals surface area contributed by atoms with Gasteiger partial charge < -0.3 is 23.7 Å². The fourth-order valence-electron chi connectivity index (χ4n) is 5.84. The molecule has 0 aliphatic heterocycles. The van der Waals surface area contributed by atoms with Crippen LogP contribution < -0.4 is 23.7 Å². The van der Waals surface area contributed by atoms with Gasteiger partial charge in [-0.15, -0.1) is 0 Å². The lowest BCUT2D eigenvalue weighted by Crippen LogP contribution is -2.10. The topological polar surface area (TPSA) is 63.2 Å². The average Bonchev–Trinajstić information content (AvgIpc) is 3.14. The number of allylic oxidation sites excluding steroid dienone is 1. The van der Waals surface area contributed by atoms with Crippen LogP contribution in [0.15, 0.2) is 36.4 Å². The van der Waals surface area contributed by atoms with Crippen molar-refractivity contribution in [2.24, 2.45) is 0 Å². The molecule has 0 amide bonds. The number of benzene rings is 2. The summed E-state index contributed by atoms with van der Waals surface area (Å²) in [5.74, 6) is 2.98. The lowest BCUT2D eigenvalue weighted by molar-refractivity contribution is 0.103. The zero-order chi connectivity index (χ0) is 36.8. The summed E-state index contributed by atoms with van der Waals surface area (Å²) >= 11 is 0. The van der Waals surface area contributed by atoms with Crippen molar-refractivity contribution in [2.45, 2.75) is 163 Å². The van der Waals surface area contributed by atoms with E-state index in [0.29, 0.717) is 55.8 Å². The predicted octanol–water partition coefficient (Wildman–Crippen LogP) is 13.4. The van der Waals surface area contributed by atoms with Crippen molar-refractivity contribution < 1.29 is 28.5 Å². The number of rotatable bonds is 33. The van der Waals surface area contributed by atoms with Gasteiger partial charge in [0.2, 0.25) is 0 Å². The molecule has 0 saturated heterocycles. The summed E-state index contributed by atoms with van der Waals surface area (Å²) in [6.07, 6.45) is 25.6. The predicted molar refractivity (Wildman–Crippen MR) is 214 cm³/mol. The van der Waals surface area contributed by atoms with E-state index in [4.69, 9.17) is 23.7 Å². The maximum absolute atomic E-state index is 14.3. The minimum Gasteiger partial charge on any atom is -0.494 e. The van der Waals surface area contributed by atoms with Crippen LogP contribution in [0.5, 0.6) is 28.7 Å². The first-order valence-corrected chi connectivity index (χ1v) is 20.8. The number of ether oxygens (including phenoxy) is 5. The van der Waals surface area contributed by atoms with Crippen molar-refractivity contribution in [3.05, 3.63) is 47.5 Å². The molecule has 0 heterocycles. The molecule has 0 fully saturated rings. The number of carbonyl (C=O) groups excluding carboxylic acids is 1. The molecule has 0 bridgehead atoms. The lowest BCUT2D eigenvalue weighted by atomic mass is 10.0. The Bertz CT molecular complexity index is 1210. The number of hydrogen-bond acceptors (Lipinski definition) is 6. The molecular weight excluding hydrogens is 636 g/mol. The van der Waals surface area contributed by atoms with Crippen molar-refractivity contribution in [3.8, 4) is 28.7 Å². The molecule has 0 saturated carbocycles. The van der Waals surface area contributed by atoms with Crippen LogP contribution in [0.2, 0.25) is 0 Å². The third kappa shape index (κ3) is 18.8. The Hall–Kier alpha value is -3.15. The summed E-state index contributed by atoms with van der Waals surface area (Å²) in [5.41, 5.74) is 1.24. The molecule has 51 heavy (non-hydrogen) atoms. The molecule has 0 unspecified atom stereocenters. The van der Waals surface area contributed by atoms with Gasteiger partial charge in [0.25, 0.3) is 0 Å². The van der Waals surface area contributed by atoms with Crippen LogP contribution in [0.4, 0.5) is 0 Å². The zero-order valence-electron chi connectivity index (χ0n) is 33.2. The van der Waals surface area contributed by atoms with Crippen LogP contribution in [0.3, 0.4) is 0 Å². The highest BCUT2D eigenvalue weighted by atomic mass is 16.5. The summed E-state index contributed by atoms with van der Waals surface area (Å²) in [6, 6.07) is 9.71. The second-order valence-electron chi connectivity index (χ2n) is 13.7. The van der Waals surface area contributed by atoms with Gasteiger partial charge in [0.15, 0.2) is 17.3 Å². The van der Waals surface area contributed by atoms with Crippen LogP contribution in [0.25, 0.3) is 6.08 Å². The van der Waals surface area contributed by atoms with Crippen molar-refractivity contribution in [2.75, 3.05) is 33.0 Å². The average molecular weight is 709 g/mol. The zero-order valence-corrected chi connectivity index (χ0v) is 33.2. The second-order valence-corrected chi connectivity index (χ2v) is 13.7. The molecule has 2 aromatic carbocycles. The van der Waals surface area contributed by atoms with E-state index in [0.717, 1.165) is 101 Å². The van der Waals surface area contributed by atoms with E-state index in [2.05, 4.69) is 34.6 Å². The number of hydrogen-bond donors (Lipinski definition) is 0. The first-order chi connectivity index (χ1) is 25.1. The second kappa shape index (κ2) is 29.4. The molecule has 0 N–H and O–H groups in total. The van der Waals surface area contributed by atoms with Crippen LogP contribution in [0, 0.1) is 0 Å². The molecule has 0 radical (unpaired) electrons. The highest BCUT2D eigenvalue weighted by molar-refractivity contribution is 6.11. The number of carbonyl (C=O) groups is 1. The van der Waals surface area contributed by atoms with Gasteiger partial charge >= 0.3 is 0 Å². The number of ketones is 1. The summed E-state index contributed by atoms with van der Waals surface area (Å²) in [7, 11) is 0. The Kier molecular flexibility index (Phi) is 25.4. The van der Waals surface area contributed by atoms with Crippen molar-refractivity contribution in [1.82, 2.24) is 0 Å². The third-order valence-corrected chi connectivity index (χ3v) is 9.00. The van der Waals surface area contributed by atoms with E-state index < -0.39 is 0 Å². The summed E-state index contributed by atoms with van der Waals surface area (Å²) < 4.78 is 31.5. The van der Waals surface area contributed by atoms with E-state index in [1.165, 1.54) is 44.9 Å². The smallest absolute Gasteiger partial charge is 0.193 e. The monoisotopic (exact) mass is 709 g/mol. The van der Waals surface area contributed by atoms with Crippen molar-refractivity contribution >= 4 is 11.9 Å². The Morgan fingerprint density at radius 2 is 0.882 bits per heavy atom. The molecule has 6 nitrogen and oxygen atoms in total. The summed E-state index contributed by atoms with van der Waals surface area (Å²) in [5, 5.41) is 0. The van der Waals surface area contributed by atoms with Gasteiger partial charge in [0, 0.05) is 5.56 Å². The normalized spacial score (nSPS) is 11.2. The quantitative estimate of drug-likeness (QED) is 0.0418. The highest BCUT2D eigenvalue weighted by Gasteiger charge is 2.23. The Labute approximate surface area is 312 Å². The van der Waals surface area contributed by atoms with Crippen molar-refractivity contribution in [3.63, 3.8) is 0 Å². The molecule has 0 aliphatic rings. The highest BCUT2D eigenvalue weighted by Crippen LogP contribution is 2.39. The van der Waals surface area contributed by atoms with Crippen LogP contribution in [-0.4, -0.2) is 38.8 Å². The molecule has 288 valence electrons. The standard InChI is InChI=1S/C45H72O6/c1-6-11-16-21-32-47-39-27-29-41(48-33-22-17-12-7-2)38(37-39)26-28-40(46)44-42(49-34-23-18-13-8-3)30-31-43(50-35-24-19-14-9-4)45(44)51-36-25-20-15-10-5/h26-31,37H,6-25,32-36H2,1-5H3/b28-26-. The molecule has 0 aromatic heterocycles. The van der Waals surface area contributed by atoms with E-state index in [9.17, 15) is 4.79 Å². The molecule has 0 aliphatic carbocycles. The maximum atomic E-state index is 14.3. The summed E-state index contributed by atoms with van der Waals surface area (Å²) in [6.45, 7) is 14.0. The maximum Gasteiger partial charge on any atom is 0.193 e. The van der Waals surface area contributed by atoms with Gasteiger partial charge in [-0.3, -0.25) is 4.79 Å². The van der Waals surface area contributed by atoms with E-state index in [-0.39, 0.29) is 5.78 Å². The van der Waals surface area contributed by atoms with E-state index in [1.54, 1.807) is 6.08 Å². The van der Waals surface area contributed by atoms with E-state index >= 15 is 0 Å². The molecule has 0 spiro atoms. The van der Waals surface area contributed by atoms with Gasteiger partial charge in [-0.05, 0) is 74.6 Å². The van der Waals surface area contributed by atoms with E-state index in [1.807, 2.05) is 36.4 Å². The van der Waals surface area contributed by atoms with Gasteiger partial charge in [-0.2, -0.15) is 0 Å². The third-order valence-electron chi connectivity index (χ3n) is 9.00. The fourth-order valence-corrected chi connectivity index (χ4v) is 5.84. The molecular formula is C45H72O6. The molecule has 2 aromatic rings.